The third-order valence-corrected chi connectivity index (χ3v) is 5.43. The molecule has 0 aliphatic carbocycles. The van der Waals surface area contributed by atoms with E-state index in [4.69, 9.17) is 4.98 Å². The van der Waals surface area contributed by atoms with Crippen molar-refractivity contribution >= 4 is 22.5 Å². The lowest BCUT2D eigenvalue weighted by Gasteiger charge is -2.16. The number of para-hydroxylation sites is 2. The number of anilines is 1. The molecule has 0 fully saturated rings. The number of carbonyl (C=O) groups excluding carboxylic acids is 1. The minimum atomic E-state index is -0.379. The highest BCUT2D eigenvalue weighted by Gasteiger charge is 2.31. The molecule has 5 nitrogen and oxygen atoms in total. The van der Waals surface area contributed by atoms with Crippen molar-refractivity contribution in [3.8, 4) is 5.69 Å². The van der Waals surface area contributed by atoms with Crippen LogP contribution in [0.25, 0.3) is 16.6 Å². The molecule has 1 amide bonds. The van der Waals surface area contributed by atoms with Gasteiger partial charge in [-0.15, -0.1) is 0 Å². The molecule has 0 saturated heterocycles. The Morgan fingerprint density at radius 2 is 1.66 bits per heavy atom. The molecule has 1 aromatic heterocycles. The molecule has 0 bridgehead atoms. The van der Waals surface area contributed by atoms with E-state index in [1.165, 1.54) is 0 Å². The van der Waals surface area contributed by atoms with Crippen LogP contribution in [0.1, 0.15) is 22.9 Å². The molecule has 29 heavy (non-hydrogen) atoms. The molecule has 4 aromatic rings. The Morgan fingerprint density at radius 1 is 0.931 bits per heavy atom. The molecule has 0 radical (unpaired) electrons. The number of aromatic nitrogens is 2. The molecule has 1 atom stereocenters. The molecule has 1 unspecified atom stereocenters. The average molecular weight is 381 g/mol. The Hall–Kier alpha value is -3.73. The number of carbonyl (C=O) groups is 1. The molecule has 142 valence electrons. The van der Waals surface area contributed by atoms with Crippen molar-refractivity contribution in [2.24, 2.45) is 0 Å². The van der Waals surface area contributed by atoms with Gasteiger partial charge in [-0.3, -0.25) is 14.2 Å². The summed E-state index contributed by atoms with van der Waals surface area (Å²) in [6.07, 6.45) is 0.344. The predicted octanol–water partition coefficient (Wildman–Crippen LogP) is 3.97. The van der Waals surface area contributed by atoms with Gasteiger partial charge in [0.05, 0.1) is 22.5 Å². The van der Waals surface area contributed by atoms with Crippen molar-refractivity contribution in [2.45, 2.75) is 19.3 Å². The van der Waals surface area contributed by atoms with Crippen LogP contribution in [0.2, 0.25) is 0 Å². The van der Waals surface area contributed by atoms with Crippen LogP contribution < -0.4 is 10.9 Å². The van der Waals surface area contributed by atoms with Gasteiger partial charge in [0.1, 0.15) is 5.82 Å². The normalized spacial score (nSPS) is 15.3. The minimum absolute atomic E-state index is 0.0657. The first-order chi connectivity index (χ1) is 14.1. The van der Waals surface area contributed by atoms with Gasteiger partial charge in [-0.2, -0.15) is 0 Å². The first-order valence-corrected chi connectivity index (χ1v) is 9.59. The fourth-order valence-corrected chi connectivity index (χ4v) is 3.94. The fourth-order valence-electron chi connectivity index (χ4n) is 3.94. The Balaban J connectivity index is 1.71. The van der Waals surface area contributed by atoms with E-state index in [1.54, 1.807) is 10.6 Å². The zero-order chi connectivity index (χ0) is 20.0. The number of benzene rings is 3. The number of amides is 1. The predicted molar refractivity (Wildman–Crippen MR) is 114 cm³/mol. The molecule has 1 aliphatic heterocycles. The number of rotatable bonds is 3. The Labute approximate surface area is 167 Å². The number of hydrogen-bond donors (Lipinski definition) is 1. The zero-order valence-electron chi connectivity index (χ0n) is 15.9. The third-order valence-electron chi connectivity index (χ3n) is 5.43. The quantitative estimate of drug-likeness (QED) is 0.584. The van der Waals surface area contributed by atoms with Crippen LogP contribution in [0.5, 0.6) is 0 Å². The van der Waals surface area contributed by atoms with Crippen molar-refractivity contribution in [3.63, 3.8) is 0 Å². The molecule has 1 N–H and O–H groups in total. The summed E-state index contributed by atoms with van der Waals surface area (Å²) in [5, 5.41) is 3.50. The maximum Gasteiger partial charge on any atom is 0.265 e. The summed E-state index contributed by atoms with van der Waals surface area (Å²) in [4.78, 5) is 30.8. The molecule has 5 heteroatoms. The second kappa shape index (κ2) is 6.71. The van der Waals surface area contributed by atoms with Gasteiger partial charge in [0.15, 0.2) is 0 Å². The number of nitrogens with one attached hydrogen (secondary N) is 1. The van der Waals surface area contributed by atoms with E-state index in [0.717, 1.165) is 22.5 Å². The minimum Gasteiger partial charge on any atom is -0.325 e. The lowest BCUT2D eigenvalue weighted by Crippen LogP contribution is -2.26. The maximum absolute atomic E-state index is 13.4. The molecular formula is C24H19N3O2. The Bertz CT molecular complexity index is 1310. The first-order valence-electron chi connectivity index (χ1n) is 9.59. The Kier molecular flexibility index (Phi) is 4.02. The van der Waals surface area contributed by atoms with E-state index in [-0.39, 0.29) is 17.4 Å². The fraction of sp³-hybridized carbons (Fsp3) is 0.125. The lowest BCUT2D eigenvalue weighted by molar-refractivity contribution is -0.117. The van der Waals surface area contributed by atoms with Crippen LogP contribution in [0.4, 0.5) is 5.69 Å². The van der Waals surface area contributed by atoms with Crippen LogP contribution in [-0.4, -0.2) is 15.5 Å². The third kappa shape index (κ3) is 2.91. The van der Waals surface area contributed by atoms with Crippen molar-refractivity contribution in [2.75, 3.05) is 5.32 Å². The summed E-state index contributed by atoms with van der Waals surface area (Å²) in [5.41, 5.74) is 4.15. The van der Waals surface area contributed by atoms with E-state index < -0.39 is 0 Å². The molecule has 3 aromatic carbocycles. The number of fused-ring (bicyclic) bond motifs is 2. The topological polar surface area (TPSA) is 64.0 Å². The van der Waals surface area contributed by atoms with Crippen LogP contribution in [0.3, 0.4) is 0 Å². The van der Waals surface area contributed by atoms with Crippen LogP contribution in [0, 0.1) is 6.92 Å². The van der Waals surface area contributed by atoms with Crippen molar-refractivity contribution in [1.29, 1.82) is 0 Å². The molecule has 2 heterocycles. The second-order valence-corrected chi connectivity index (χ2v) is 7.35. The van der Waals surface area contributed by atoms with Crippen LogP contribution >= 0.6 is 0 Å². The van der Waals surface area contributed by atoms with E-state index in [2.05, 4.69) is 5.32 Å². The van der Waals surface area contributed by atoms with Gasteiger partial charge in [0.2, 0.25) is 5.91 Å². The summed E-state index contributed by atoms with van der Waals surface area (Å²) in [5.74, 6) is 0.134. The summed E-state index contributed by atoms with van der Waals surface area (Å²) in [6.45, 7) is 2.01. The van der Waals surface area contributed by atoms with Crippen molar-refractivity contribution < 1.29 is 4.79 Å². The van der Waals surface area contributed by atoms with Gasteiger partial charge >= 0.3 is 0 Å². The van der Waals surface area contributed by atoms with Crippen LogP contribution in [-0.2, 0) is 11.2 Å². The number of hydrogen-bond acceptors (Lipinski definition) is 3. The smallest absolute Gasteiger partial charge is 0.265 e. The SMILES string of the molecule is Cc1ccc(-n2c(CC3C(=O)Nc4ccccc43)nc3ccccc3c2=O)cc1. The zero-order valence-corrected chi connectivity index (χ0v) is 15.9. The van der Waals surface area contributed by atoms with Crippen LogP contribution in [0.15, 0.2) is 77.6 Å². The molecule has 0 saturated carbocycles. The van der Waals surface area contributed by atoms with Gasteiger partial charge in [0, 0.05) is 12.1 Å². The first kappa shape index (κ1) is 17.4. The largest absolute Gasteiger partial charge is 0.325 e. The van der Waals surface area contributed by atoms with Gasteiger partial charge in [-0.05, 0) is 42.8 Å². The Morgan fingerprint density at radius 3 is 2.48 bits per heavy atom. The standard InChI is InChI=1S/C24H19N3O2/c1-15-10-12-16(13-11-15)27-22(25-21-9-5-3-7-18(21)24(27)29)14-19-17-6-2-4-8-20(17)26-23(19)28/h2-13,19H,14H2,1H3,(H,26,28). The number of nitrogens with zero attached hydrogens (tertiary/aromatic N) is 2. The highest BCUT2D eigenvalue weighted by Crippen LogP contribution is 2.34. The summed E-state index contributed by atoms with van der Waals surface area (Å²) < 4.78 is 1.63. The molecular weight excluding hydrogens is 362 g/mol. The van der Waals surface area contributed by atoms with Gasteiger partial charge in [0.25, 0.3) is 5.56 Å². The van der Waals surface area contributed by atoms with Gasteiger partial charge < -0.3 is 5.32 Å². The monoisotopic (exact) mass is 381 g/mol. The summed E-state index contributed by atoms with van der Waals surface area (Å²) in [6, 6.07) is 22.8. The molecule has 5 rings (SSSR count). The van der Waals surface area contributed by atoms with Gasteiger partial charge in [-0.1, -0.05) is 48.0 Å². The highest BCUT2D eigenvalue weighted by atomic mass is 16.2. The lowest BCUT2D eigenvalue weighted by atomic mass is 9.96. The molecule has 0 spiro atoms. The van der Waals surface area contributed by atoms with Gasteiger partial charge in [-0.25, -0.2) is 4.98 Å². The summed E-state index contributed by atoms with van der Waals surface area (Å²) in [7, 11) is 0. The highest BCUT2D eigenvalue weighted by molar-refractivity contribution is 6.03. The van der Waals surface area contributed by atoms with E-state index in [0.29, 0.717) is 23.1 Å². The van der Waals surface area contributed by atoms with Crippen molar-refractivity contribution in [1.82, 2.24) is 9.55 Å². The van der Waals surface area contributed by atoms with E-state index >= 15 is 0 Å². The molecule has 1 aliphatic rings. The maximum atomic E-state index is 13.4. The van der Waals surface area contributed by atoms with Crippen molar-refractivity contribution in [3.05, 3.63) is 100 Å². The van der Waals surface area contributed by atoms with E-state index in [1.807, 2.05) is 73.7 Å². The number of aryl methyl sites for hydroxylation is 1. The van der Waals surface area contributed by atoms with E-state index in [9.17, 15) is 9.59 Å². The average Bonchev–Trinajstić information content (AvgIpc) is 3.05. The summed E-state index contributed by atoms with van der Waals surface area (Å²) >= 11 is 0. The second-order valence-electron chi connectivity index (χ2n) is 7.35.